The third-order valence-electron chi connectivity index (χ3n) is 5.18. The number of anilines is 1. The van der Waals surface area contributed by atoms with Crippen LogP contribution >= 0.6 is 0 Å². The minimum atomic E-state index is -0.964. The van der Waals surface area contributed by atoms with Crippen molar-refractivity contribution in [2.45, 2.75) is 40.2 Å². The largest absolute Gasteiger partial charge is 0.478 e. The Morgan fingerprint density at radius 3 is 2.72 bits per heavy atom. The molecule has 0 amide bonds. The number of aromatic nitrogens is 4. The Balaban J connectivity index is 1.91. The van der Waals surface area contributed by atoms with E-state index in [1.54, 1.807) is 18.2 Å². The zero-order chi connectivity index (χ0) is 20.7. The van der Waals surface area contributed by atoms with Gasteiger partial charge in [0.05, 0.1) is 34.8 Å². The predicted octanol–water partition coefficient (Wildman–Crippen LogP) is 4.33. The van der Waals surface area contributed by atoms with Gasteiger partial charge in [0.2, 0.25) is 0 Å². The van der Waals surface area contributed by atoms with Crippen molar-refractivity contribution in [2.75, 3.05) is 5.32 Å². The molecule has 0 saturated heterocycles. The molecule has 7 heteroatoms. The number of carbonyl (C=O) groups is 1. The van der Waals surface area contributed by atoms with E-state index in [1.807, 2.05) is 33.2 Å². The number of hydrogen-bond donors (Lipinski definition) is 2. The van der Waals surface area contributed by atoms with E-state index in [0.717, 1.165) is 39.9 Å². The zero-order valence-corrected chi connectivity index (χ0v) is 16.9. The number of nitrogens with one attached hydrogen (secondary N) is 1. The average Bonchev–Trinajstić information content (AvgIpc) is 3.09. The normalized spacial score (nSPS) is 12.4. The summed E-state index contributed by atoms with van der Waals surface area (Å²) in [7, 11) is 0. The molecule has 29 heavy (non-hydrogen) atoms. The molecule has 2 N–H and O–H groups in total. The highest BCUT2D eigenvalue weighted by molar-refractivity contribution is 5.96. The second-order valence-corrected chi connectivity index (χ2v) is 7.17. The molecule has 4 rings (SSSR count). The predicted molar refractivity (Wildman–Crippen MR) is 113 cm³/mol. The number of nitrogens with zero attached hydrogens (tertiary/aromatic N) is 4. The van der Waals surface area contributed by atoms with Crippen LogP contribution in [0.5, 0.6) is 0 Å². The van der Waals surface area contributed by atoms with Crippen LogP contribution in [0.25, 0.3) is 16.4 Å². The van der Waals surface area contributed by atoms with Crippen LogP contribution in [0.3, 0.4) is 0 Å². The van der Waals surface area contributed by atoms with E-state index in [0.29, 0.717) is 11.5 Å². The highest BCUT2D eigenvalue weighted by atomic mass is 16.4. The van der Waals surface area contributed by atoms with E-state index in [1.165, 1.54) is 0 Å². The molecule has 0 saturated carbocycles. The van der Waals surface area contributed by atoms with E-state index >= 15 is 0 Å². The minimum absolute atomic E-state index is 0.213. The molecule has 3 aromatic heterocycles. The second-order valence-electron chi connectivity index (χ2n) is 7.17. The van der Waals surface area contributed by atoms with Crippen molar-refractivity contribution >= 4 is 28.1 Å². The molecule has 0 aliphatic carbocycles. The van der Waals surface area contributed by atoms with Crippen LogP contribution < -0.4 is 5.32 Å². The number of pyridine rings is 1. The smallest absolute Gasteiger partial charge is 0.337 e. The molecule has 148 valence electrons. The Kier molecular flexibility index (Phi) is 4.66. The molecule has 1 atom stereocenters. The number of aromatic carboxylic acids is 1. The van der Waals surface area contributed by atoms with Gasteiger partial charge in [-0.1, -0.05) is 19.1 Å². The first-order valence-electron chi connectivity index (χ1n) is 9.63. The minimum Gasteiger partial charge on any atom is -0.478 e. The Morgan fingerprint density at radius 1 is 1.24 bits per heavy atom. The first-order valence-corrected chi connectivity index (χ1v) is 9.63. The SMILES string of the molecule is CCc1cc2c(C(C)Nc3ccccc3C(=O)O)nc(C)nc2c2c(C)ncn12. The van der Waals surface area contributed by atoms with Gasteiger partial charge in [0.25, 0.3) is 0 Å². The lowest BCUT2D eigenvalue weighted by Crippen LogP contribution is -2.14. The van der Waals surface area contributed by atoms with E-state index in [-0.39, 0.29) is 11.6 Å². The van der Waals surface area contributed by atoms with Crippen molar-refractivity contribution in [1.82, 2.24) is 19.4 Å². The van der Waals surface area contributed by atoms with Gasteiger partial charge in [-0.15, -0.1) is 0 Å². The van der Waals surface area contributed by atoms with Crippen LogP contribution in [0.4, 0.5) is 5.69 Å². The third-order valence-corrected chi connectivity index (χ3v) is 5.18. The topological polar surface area (TPSA) is 92.4 Å². The van der Waals surface area contributed by atoms with Crippen LogP contribution in [0.1, 0.15) is 53.2 Å². The van der Waals surface area contributed by atoms with Crippen molar-refractivity contribution in [2.24, 2.45) is 0 Å². The lowest BCUT2D eigenvalue weighted by molar-refractivity contribution is 0.0698. The zero-order valence-electron chi connectivity index (χ0n) is 16.9. The monoisotopic (exact) mass is 389 g/mol. The van der Waals surface area contributed by atoms with Gasteiger partial charge >= 0.3 is 5.97 Å². The molecule has 0 bridgehead atoms. The van der Waals surface area contributed by atoms with Gasteiger partial charge in [0, 0.05) is 16.8 Å². The molecular weight excluding hydrogens is 366 g/mol. The quantitative estimate of drug-likeness (QED) is 0.528. The van der Waals surface area contributed by atoms with Crippen molar-refractivity contribution in [3.8, 4) is 0 Å². The molecule has 1 aromatic carbocycles. The molecule has 0 aliphatic heterocycles. The molecule has 0 radical (unpaired) electrons. The van der Waals surface area contributed by atoms with Gasteiger partial charge in [0.15, 0.2) is 0 Å². The standard InChI is InChI=1S/C22H23N5O2/c1-5-15-10-17-19(12(2)24-18-9-7-6-8-16(18)22(28)29)25-14(4)26-20(17)21-13(3)23-11-27(15)21/h6-12,24H,5H2,1-4H3,(H,28,29). The van der Waals surface area contributed by atoms with E-state index < -0.39 is 5.97 Å². The van der Waals surface area contributed by atoms with Crippen LogP contribution in [0.15, 0.2) is 36.7 Å². The number of fused-ring (bicyclic) bond motifs is 3. The average molecular weight is 389 g/mol. The fourth-order valence-electron chi connectivity index (χ4n) is 3.80. The number of carboxylic acid groups (broad SMARTS) is 1. The number of hydrogen-bond acceptors (Lipinski definition) is 5. The maximum absolute atomic E-state index is 11.6. The van der Waals surface area contributed by atoms with Crippen LogP contribution in [-0.4, -0.2) is 30.4 Å². The van der Waals surface area contributed by atoms with Crippen molar-refractivity contribution < 1.29 is 9.90 Å². The third kappa shape index (κ3) is 3.18. The van der Waals surface area contributed by atoms with Gasteiger partial charge < -0.3 is 14.8 Å². The molecular formula is C22H23N5O2. The van der Waals surface area contributed by atoms with Gasteiger partial charge in [-0.25, -0.2) is 19.7 Å². The number of benzene rings is 1. The molecule has 0 spiro atoms. The maximum atomic E-state index is 11.6. The van der Waals surface area contributed by atoms with Crippen LogP contribution in [-0.2, 0) is 6.42 Å². The van der Waals surface area contributed by atoms with E-state index in [4.69, 9.17) is 9.97 Å². The van der Waals surface area contributed by atoms with Gasteiger partial charge in [-0.3, -0.25) is 0 Å². The van der Waals surface area contributed by atoms with Crippen molar-refractivity contribution in [3.05, 3.63) is 65.1 Å². The van der Waals surface area contributed by atoms with Crippen LogP contribution in [0.2, 0.25) is 0 Å². The second kappa shape index (κ2) is 7.16. The Morgan fingerprint density at radius 2 is 2.00 bits per heavy atom. The lowest BCUT2D eigenvalue weighted by atomic mass is 10.1. The van der Waals surface area contributed by atoms with Crippen molar-refractivity contribution in [3.63, 3.8) is 0 Å². The number of rotatable bonds is 5. The summed E-state index contributed by atoms with van der Waals surface area (Å²) in [6.07, 6.45) is 2.68. The molecule has 7 nitrogen and oxygen atoms in total. The number of carboxylic acids is 1. The first-order chi connectivity index (χ1) is 13.9. The fraction of sp³-hybridized carbons (Fsp3) is 0.273. The summed E-state index contributed by atoms with van der Waals surface area (Å²) in [5.41, 5.74) is 5.53. The highest BCUT2D eigenvalue weighted by Crippen LogP contribution is 2.30. The molecule has 0 fully saturated rings. The lowest BCUT2D eigenvalue weighted by Gasteiger charge is -2.19. The summed E-state index contributed by atoms with van der Waals surface area (Å²) in [6, 6.07) is 8.80. The fourth-order valence-corrected chi connectivity index (χ4v) is 3.80. The summed E-state index contributed by atoms with van der Waals surface area (Å²) in [4.78, 5) is 25.5. The first kappa shape index (κ1) is 18.9. The number of aryl methyl sites for hydroxylation is 3. The molecule has 3 heterocycles. The number of para-hydroxylation sites is 1. The van der Waals surface area contributed by atoms with Gasteiger partial charge in [-0.2, -0.15) is 0 Å². The summed E-state index contributed by atoms with van der Waals surface area (Å²) in [5.74, 6) is -0.298. The Hall–Kier alpha value is -3.48. The Bertz CT molecular complexity index is 1250. The summed E-state index contributed by atoms with van der Waals surface area (Å²) < 4.78 is 2.09. The van der Waals surface area contributed by atoms with E-state index in [9.17, 15) is 9.90 Å². The molecule has 4 aromatic rings. The van der Waals surface area contributed by atoms with Crippen molar-refractivity contribution in [1.29, 1.82) is 0 Å². The van der Waals surface area contributed by atoms with Crippen LogP contribution in [0, 0.1) is 13.8 Å². The van der Waals surface area contributed by atoms with E-state index in [2.05, 4.69) is 27.7 Å². The molecule has 0 aliphatic rings. The Labute approximate surface area is 168 Å². The number of imidazole rings is 1. The molecule has 1 unspecified atom stereocenters. The van der Waals surface area contributed by atoms with Gasteiger partial charge in [-0.05, 0) is 45.4 Å². The summed E-state index contributed by atoms with van der Waals surface area (Å²) in [5, 5.41) is 13.8. The summed E-state index contributed by atoms with van der Waals surface area (Å²) >= 11 is 0. The maximum Gasteiger partial charge on any atom is 0.337 e. The van der Waals surface area contributed by atoms with Gasteiger partial charge in [0.1, 0.15) is 11.3 Å². The summed E-state index contributed by atoms with van der Waals surface area (Å²) in [6.45, 7) is 7.95. The highest BCUT2D eigenvalue weighted by Gasteiger charge is 2.19.